The van der Waals surface area contributed by atoms with Gasteiger partial charge in [0, 0.05) is 26.0 Å². The number of halogens is 1. The van der Waals surface area contributed by atoms with Gasteiger partial charge in [-0.05, 0) is 20.3 Å². The van der Waals surface area contributed by atoms with Gasteiger partial charge in [0.1, 0.15) is 0 Å². The summed E-state index contributed by atoms with van der Waals surface area (Å²) < 4.78 is 7.36. The highest BCUT2D eigenvalue weighted by Crippen LogP contribution is 2.33. The quantitative estimate of drug-likeness (QED) is 0.914. The van der Waals surface area contributed by atoms with Crippen LogP contribution in [0.2, 0.25) is 5.02 Å². The fourth-order valence-corrected chi connectivity index (χ4v) is 2.81. The van der Waals surface area contributed by atoms with Gasteiger partial charge in [0.15, 0.2) is 0 Å². The van der Waals surface area contributed by atoms with E-state index >= 15 is 0 Å². The molecule has 2 rings (SSSR count). The Kier molecular flexibility index (Phi) is 3.99. The van der Waals surface area contributed by atoms with Crippen molar-refractivity contribution >= 4 is 11.6 Å². The van der Waals surface area contributed by atoms with E-state index in [0.29, 0.717) is 24.5 Å². The molecule has 0 amide bonds. The van der Waals surface area contributed by atoms with Crippen LogP contribution >= 0.6 is 11.6 Å². The van der Waals surface area contributed by atoms with Crippen LogP contribution in [-0.4, -0.2) is 33.2 Å². The Hall–Kier alpha value is -0.580. The number of aryl methyl sites for hydroxylation is 2. The summed E-state index contributed by atoms with van der Waals surface area (Å²) in [7, 11) is 0. The summed E-state index contributed by atoms with van der Waals surface area (Å²) in [5.74, 6) is 0. The van der Waals surface area contributed by atoms with Gasteiger partial charge in [-0.2, -0.15) is 5.10 Å². The molecular formula is C13H21ClN2O2. The maximum absolute atomic E-state index is 10.6. The zero-order valence-electron chi connectivity index (χ0n) is 11.2. The molecule has 1 saturated heterocycles. The summed E-state index contributed by atoms with van der Waals surface area (Å²) in [6.45, 7) is 7.35. The molecule has 5 heteroatoms. The minimum Gasteiger partial charge on any atom is -0.387 e. The fourth-order valence-electron chi connectivity index (χ4n) is 2.48. The zero-order chi connectivity index (χ0) is 13.3. The lowest BCUT2D eigenvalue weighted by Crippen LogP contribution is -2.39. The number of aromatic nitrogens is 2. The van der Waals surface area contributed by atoms with Gasteiger partial charge in [-0.25, -0.2) is 0 Å². The molecule has 0 spiro atoms. The van der Waals surface area contributed by atoms with Crippen molar-refractivity contribution < 1.29 is 9.84 Å². The Morgan fingerprint density at radius 3 is 2.78 bits per heavy atom. The van der Waals surface area contributed by atoms with Gasteiger partial charge in [0.05, 0.1) is 28.1 Å². The average molecular weight is 273 g/mol. The van der Waals surface area contributed by atoms with E-state index in [0.717, 1.165) is 24.4 Å². The van der Waals surface area contributed by atoms with E-state index in [4.69, 9.17) is 16.3 Å². The van der Waals surface area contributed by atoms with Gasteiger partial charge >= 0.3 is 0 Å². The predicted molar refractivity (Wildman–Crippen MR) is 71.0 cm³/mol. The van der Waals surface area contributed by atoms with Crippen molar-refractivity contribution in [3.8, 4) is 0 Å². The molecule has 0 radical (unpaired) electrons. The first-order valence-corrected chi connectivity index (χ1v) is 6.97. The van der Waals surface area contributed by atoms with Crippen molar-refractivity contribution in [1.82, 2.24) is 9.78 Å². The third-order valence-corrected chi connectivity index (χ3v) is 4.26. The summed E-state index contributed by atoms with van der Waals surface area (Å²) in [4.78, 5) is 0. The monoisotopic (exact) mass is 272 g/mol. The largest absolute Gasteiger partial charge is 0.387 e. The molecular weight excluding hydrogens is 252 g/mol. The van der Waals surface area contributed by atoms with Crippen LogP contribution in [0.5, 0.6) is 0 Å². The van der Waals surface area contributed by atoms with Crippen molar-refractivity contribution in [2.75, 3.05) is 6.61 Å². The third kappa shape index (κ3) is 2.29. The topological polar surface area (TPSA) is 47.3 Å². The van der Waals surface area contributed by atoms with E-state index in [1.807, 2.05) is 25.5 Å². The third-order valence-electron chi connectivity index (χ3n) is 3.83. The van der Waals surface area contributed by atoms with E-state index in [2.05, 4.69) is 5.10 Å². The molecule has 2 unspecified atom stereocenters. The molecule has 2 heterocycles. The lowest BCUT2D eigenvalue weighted by atomic mass is 9.91. The van der Waals surface area contributed by atoms with E-state index < -0.39 is 5.60 Å². The molecule has 0 saturated carbocycles. The van der Waals surface area contributed by atoms with Gasteiger partial charge in [-0.1, -0.05) is 18.5 Å². The number of ether oxygens (including phenoxy) is 1. The highest BCUT2D eigenvalue weighted by atomic mass is 35.5. The zero-order valence-corrected chi connectivity index (χ0v) is 12.0. The first kappa shape index (κ1) is 13.8. The van der Waals surface area contributed by atoms with Crippen LogP contribution in [0.25, 0.3) is 0 Å². The molecule has 1 N–H and O–H groups in total. The maximum Gasteiger partial charge on any atom is 0.0982 e. The van der Waals surface area contributed by atoms with E-state index in [-0.39, 0.29) is 6.10 Å². The Balaban J connectivity index is 2.30. The van der Waals surface area contributed by atoms with Crippen molar-refractivity contribution in [3.05, 3.63) is 16.4 Å². The van der Waals surface area contributed by atoms with Crippen molar-refractivity contribution in [3.63, 3.8) is 0 Å². The molecule has 1 aliphatic heterocycles. The smallest absolute Gasteiger partial charge is 0.0982 e. The highest BCUT2D eigenvalue weighted by molar-refractivity contribution is 6.31. The Morgan fingerprint density at radius 2 is 2.28 bits per heavy atom. The van der Waals surface area contributed by atoms with Crippen LogP contribution in [0.3, 0.4) is 0 Å². The Bertz CT molecular complexity index is 433. The molecule has 1 aromatic heterocycles. The number of hydrogen-bond donors (Lipinski definition) is 1. The summed E-state index contributed by atoms with van der Waals surface area (Å²) in [5.41, 5.74) is 1.02. The molecule has 0 bridgehead atoms. The fraction of sp³-hybridized carbons (Fsp3) is 0.769. The van der Waals surface area contributed by atoms with Gasteiger partial charge in [0.25, 0.3) is 0 Å². The van der Waals surface area contributed by atoms with Crippen LogP contribution in [0.4, 0.5) is 0 Å². The van der Waals surface area contributed by atoms with Crippen molar-refractivity contribution in [1.29, 1.82) is 0 Å². The molecule has 2 atom stereocenters. The van der Waals surface area contributed by atoms with Crippen LogP contribution in [0.1, 0.15) is 38.6 Å². The first-order chi connectivity index (χ1) is 8.51. The standard InChI is InChI=1S/C13H21ClN2O2/c1-4-10-12(14)11(16(5-2)15-10)8-13(17)6-7-18-9(13)3/h9,17H,4-8H2,1-3H3. The summed E-state index contributed by atoms with van der Waals surface area (Å²) in [5, 5.41) is 15.8. The summed E-state index contributed by atoms with van der Waals surface area (Å²) in [6, 6.07) is 0. The lowest BCUT2D eigenvalue weighted by Gasteiger charge is -2.26. The molecule has 102 valence electrons. The van der Waals surface area contributed by atoms with Gasteiger partial charge in [-0.3, -0.25) is 4.68 Å². The molecule has 0 aromatic carbocycles. The second-order valence-corrected chi connectivity index (χ2v) is 5.30. The minimum atomic E-state index is -0.818. The van der Waals surface area contributed by atoms with Crippen LogP contribution in [0.15, 0.2) is 0 Å². The Morgan fingerprint density at radius 1 is 1.56 bits per heavy atom. The molecule has 1 aliphatic rings. The SMILES string of the molecule is CCc1nn(CC)c(CC2(O)CCOC2C)c1Cl. The first-order valence-electron chi connectivity index (χ1n) is 6.59. The molecule has 4 nitrogen and oxygen atoms in total. The summed E-state index contributed by atoms with van der Waals surface area (Å²) in [6.07, 6.45) is 1.82. The molecule has 1 aromatic rings. The average Bonchev–Trinajstić information content (AvgIpc) is 2.83. The van der Waals surface area contributed by atoms with E-state index in [1.165, 1.54) is 0 Å². The number of nitrogens with zero attached hydrogens (tertiary/aromatic N) is 2. The Labute approximate surface area is 113 Å². The number of rotatable bonds is 4. The van der Waals surface area contributed by atoms with Gasteiger partial charge in [0.2, 0.25) is 0 Å². The van der Waals surface area contributed by atoms with E-state index in [1.54, 1.807) is 0 Å². The molecule has 18 heavy (non-hydrogen) atoms. The second-order valence-electron chi connectivity index (χ2n) is 4.92. The molecule has 1 fully saturated rings. The van der Waals surface area contributed by atoms with Crippen molar-refractivity contribution in [2.24, 2.45) is 0 Å². The van der Waals surface area contributed by atoms with Crippen LogP contribution in [0, 0.1) is 0 Å². The normalized spacial score (nSPS) is 27.9. The maximum atomic E-state index is 10.6. The predicted octanol–water partition coefficient (Wildman–Crippen LogP) is 2.20. The summed E-state index contributed by atoms with van der Waals surface area (Å²) >= 11 is 6.36. The van der Waals surface area contributed by atoms with Gasteiger partial charge < -0.3 is 9.84 Å². The second kappa shape index (κ2) is 5.19. The van der Waals surface area contributed by atoms with Gasteiger partial charge in [-0.15, -0.1) is 0 Å². The minimum absolute atomic E-state index is 0.154. The van der Waals surface area contributed by atoms with Crippen molar-refractivity contribution in [2.45, 2.75) is 58.3 Å². The highest BCUT2D eigenvalue weighted by Gasteiger charge is 2.41. The number of aliphatic hydroxyl groups is 1. The molecule has 0 aliphatic carbocycles. The van der Waals surface area contributed by atoms with Crippen LogP contribution < -0.4 is 0 Å². The lowest BCUT2D eigenvalue weighted by molar-refractivity contribution is -0.0280. The van der Waals surface area contributed by atoms with E-state index in [9.17, 15) is 5.11 Å². The number of hydrogen-bond acceptors (Lipinski definition) is 3. The van der Waals surface area contributed by atoms with Crippen LogP contribution in [-0.2, 0) is 24.1 Å².